The van der Waals surface area contributed by atoms with E-state index in [0.717, 1.165) is 5.56 Å². The molecule has 0 aliphatic heterocycles. The van der Waals surface area contributed by atoms with Crippen LogP contribution in [0.3, 0.4) is 0 Å². The Hall–Kier alpha value is -3.81. The Morgan fingerprint density at radius 2 is 1.72 bits per heavy atom. The highest BCUT2D eigenvalue weighted by Crippen LogP contribution is 2.30. The second-order valence-corrected chi connectivity index (χ2v) is 5.97. The first kappa shape index (κ1) is 19.9. The van der Waals surface area contributed by atoms with Crippen LogP contribution in [-0.4, -0.2) is 37.2 Å². The van der Waals surface area contributed by atoms with Crippen molar-refractivity contribution < 1.29 is 19.0 Å². The van der Waals surface area contributed by atoms with Gasteiger partial charge in [0.1, 0.15) is 28.8 Å². The number of methoxy groups -OCH3 is 3. The van der Waals surface area contributed by atoms with E-state index in [2.05, 4.69) is 20.6 Å². The van der Waals surface area contributed by atoms with Gasteiger partial charge in [0.2, 0.25) is 0 Å². The van der Waals surface area contributed by atoms with E-state index < -0.39 is 0 Å². The molecule has 0 aliphatic rings. The molecule has 0 saturated heterocycles. The summed E-state index contributed by atoms with van der Waals surface area (Å²) in [5.41, 5.74) is 1.80. The van der Waals surface area contributed by atoms with E-state index >= 15 is 0 Å². The van der Waals surface area contributed by atoms with Gasteiger partial charge in [0, 0.05) is 18.2 Å². The molecule has 1 heterocycles. The lowest BCUT2D eigenvalue weighted by Crippen LogP contribution is -2.24. The standard InChI is InChI=1S/C21H22N4O4/c1-27-15-8-9-16(19(10-15)29-3)25-20-13-22-17(12-23-20)21(26)24-11-14-6-4-5-7-18(14)28-2/h4-10,12-13H,11H2,1-3H3,(H,23,25)(H,24,26). The zero-order valence-corrected chi connectivity index (χ0v) is 16.4. The second kappa shape index (κ2) is 9.41. The molecule has 1 amide bonds. The summed E-state index contributed by atoms with van der Waals surface area (Å²) >= 11 is 0. The zero-order valence-electron chi connectivity index (χ0n) is 16.4. The van der Waals surface area contributed by atoms with Crippen molar-refractivity contribution >= 4 is 17.4 Å². The topological polar surface area (TPSA) is 94.6 Å². The Morgan fingerprint density at radius 1 is 0.931 bits per heavy atom. The molecule has 2 aromatic carbocycles. The smallest absolute Gasteiger partial charge is 0.271 e. The van der Waals surface area contributed by atoms with Crippen LogP contribution in [0.5, 0.6) is 17.2 Å². The van der Waals surface area contributed by atoms with Gasteiger partial charge in [-0.3, -0.25) is 4.79 Å². The monoisotopic (exact) mass is 394 g/mol. The van der Waals surface area contributed by atoms with Gasteiger partial charge in [-0.2, -0.15) is 0 Å². The number of rotatable bonds is 8. The number of nitrogens with one attached hydrogen (secondary N) is 2. The SMILES string of the molecule is COc1ccc(Nc2cnc(C(=O)NCc3ccccc3OC)cn2)c(OC)c1. The molecule has 0 atom stereocenters. The average Bonchev–Trinajstić information content (AvgIpc) is 2.78. The molecule has 8 nitrogen and oxygen atoms in total. The summed E-state index contributed by atoms with van der Waals surface area (Å²) in [6.45, 7) is 0.327. The zero-order chi connectivity index (χ0) is 20.6. The molecule has 0 aliphatic carbocycles. The van der Waals surface area contributed by atoms with Gasteiger partial charge in [-0.25, -0.2) is 9.97 Å². The number of carbonyl (C=O) groups is 1. The Kier molecular flexibility index (Phi) is 6.47. The van der Waals surface area contributed by atoms with Crippen LogP contribution in [0.2, 0.25) is 0 Å². The van der Waals surface area contributed by atoms with Crippen molar-refractivity contribution in [1.29, 1.82) is 0 Å². The van der Waals surface area contributed by atoms with Gasteiger partial charge in [-0.1, -0.05) is 18.2 Å². The van der Waals surface area contributed by atoms with E-state index in [1.165, 1.54) is 12.4 Å². The van der Waals surface area contributed by atoms with E-state index in [1.807, 2.05) is 30.3 Å². The number of ether oxygens (including phenoxy) is 3. The number of benzene rings is 2. The van der Waals surface area contributed by atoms with Gasteiger partial charge in [0.25, 0.3) is 5.91 Å². The second-order valence-electron chi connectivity index (χ2n) is 5.97. The number of amides is 1. The fourth-order valence-corrected chi connectivity index (χ4v) is 2.66. The van der Waals surface area contributed by atoms with Crippen molar-refractivity contribution in [2.45, 2.75) is 6.54 Å². The minimum Gasteiger partial charge on any atom is -0.497 e. The Morgan fingerprint density at radius 3 is 2.41 bits per heavy atom. The third-order valence-electron chi connectivity index (χ3n) is 4.19. The summed E-state index contributed by atoms with van der Waals surface area (Å²) in [5, 5.41) is 5.93. The molecule has 0 spiro atoms. The average molecular weight is 394 g/mol. The van der Waals surface area contributed by atoms with Crippen LogP contribution >= 0.6 is 0 Å². The van der Waals surface area contributed by atoms with Crippen molar-refractivity contribution in [3.05, 3.63) is 66.1 Å². The fourth-order valence-electron chi connectivity index (χ4n) is 2.66. The molecule has 0 fully saturated rings. The van der Waals surface area contributed by atoms with Gasteiger partial charge < -0.3 is 24.8 Å². The molecule has 2 N–H and O–H groups in total. The summed E-state index contributed by atoms with van der Waals surface area (Å²) < 4.78 is 15.8. The number of aromatic nitrogens is 2. The van der Waals surface area contributed by atoms with Crippen molar-refractivity contribution in [3.8, 4) is 17.2 Å². The lowest BCUT2D eigenvalue weighted by atomic mass is 10.2. The molecule has 1 aromatic heterocycles. The van der Waals surface area contributed by atoms with Gasteiger partial charge in [0.15, 0.2) is 0 Å². The van der Waals surface area contributed by atoms with Crippen LogP contribution in [0.1, 0.15) is 16.1 Å². The highest BCUT2D eigenvalue weighted by Gasteiger charge is 2.11. The van der Waals surface area contributed by atoms with Gasteiger partial charge in [0.05, 0.1) is 39.4 Å². The molecular formula is C21H22N4O4. The number of para-hydroxylation sites is 1. The minimum atomic E-state index is -0.322. The maximum Gasteiger partial charge on any atom is 0.271 e. The summed E-state index contributed by atoms with van der Waals surface area (Å²) in [4.78, 5) is 20.8. The fraction of sp³-hybridized carbons (Fsp3) is 0.190. The first-order chi connectivity index (χ1) is 14.1. The molecule has 3 aromatic rings. The first-order valence-corrected chi connectivity index (χ1v) is 8.85. The molecular weight excluding hydrogens is 372 g/mol. The largest absolute Gasteiger partial charge is 0.497 e. The van der Waals surface area contributed by atoms with Crippen LogP contribution in [-0.2, 0) is 6.54 Å². The number of hydrogen-bond donors (Lipinski definition) is 2. The predicted molar refractivity (Wildman–Crippen MR) is 109 cm³/mol. The lowest BCUT2D eigenvalue weighted by molar-refractivity contribution is 0.0945. The van der Waals surface area contributed by atoms with Crippen molar-refractivity contribution in [2.75, 3.05) is 26.6 Å². The molecule has 0 radical (unpaired) electrons. The molecule has 0 unspecified atom stereocenters. The number of carbonyl (C=O) groups excluding carboxylic acids is 1. The molecule has 29 heavy (non-hydrogen) atoms. The van der Waals surface area contributed by atoms with E-state index in [9.17, 15) is 4.79 Å². The van der Waals surface area contributed by atoms with Gasteiger partial charge in [-0.05, 0) is 18.2 Å². The van der Waals surface area contributed by atoms with Gasteiger partial charge >= 0.3 is 0 Å². The summed E-state index contributed by atoms with van der Waals surface area (Å²) in [7, 11) is 4.75. The third-order valence-corrected chi connectivity index (χ3v) is 4.19. The lowest BCUT2D eigenvalue weighted by Gasteiger charge is -2.12. The van der Waals surface area contributed by atoms with Crippen LogP contribution in [0, 0.1) is 0 Å². The predicted octanol–water partition coefficient (Wildman–Crippen LogP) is 3.18. The van der Waals surface area contributed by atoms with E-state index in [-0.39, 0.29) is 11.6 Å². The minimum absolute atomic E-state index is 0.215. The van der Waals surface area contributed by atoms with Crippen LogP contribution in [0.25, 0.3) is 0 Å². The van der Waals surface area contributed by atoms with Crippen LogP contribution < -0.4 is 24.8 Å². The van der Waals surface area contributed by atoms with E-state index in [4.69, 9.17) is 14.2 Å². The highest BCUT2D eigenvalue weighted by atomic mass is 16.5. The third kappa shape index (κ3) is 4.92. The highest BCUT2D eigenvalue weighted by molar-refractivity contribution is 5.92. The van der Waals surface area contributed by atoms with Crippen molar-refractivity contribution in [2.24, 2.45) is 0 Å². The first-order valence-electron chi connectivity index (χ1n) is 8.85. The van der Waals surface area contributed by atoms with Crippen LogP contribution in [0.15, 0.2) is 54.9 Å². The Balaban J connectivity index is 1.64. The molecule has 0 bridgehead atoms. The number of hydrogen-bond acceptors (Lipinski definition) is 7. The molecule has 0 saturated carbocycles. The quantitative estimate of drug-likeness (QED) is 0.606. The molecule has 8 heteroatoms. The van der Waals surface area contributed by atoms with Crippen molar-refractivity contribution in [1.82, 2.24) is 15.3 Å². The Labute approximate surface area is 168 Å². The summed E-state index contributed by atoms with van der Waals surface area (Å²) in [6.07, 6.45) is 2.90. The molecule has 3 rings (SSSR count). The summed E-state index contributed by atoms with van der Waals surface area (Å²) in [5.74, 6) is 2.16. The van der Waals surface area contributed by atoms with E-state index in [0.29, 0.717) is 35.3 Å². The van der Waals surface area contributed by atoms with Gasteiger partial charge in [-0.15, -0.1) is 0 Å². The number of anilines is 2. The normalized spacial score (nSPS) is 10.2. The maximum atomic E-state index is 12.3. The number of nitrogens with zero attached hydrogens (tertiary/aromatic N) is 2. The Bertz CT molecular complexity index is 977. The van der Waals surface area contributed by atoms with E-state index in [1.54, 1.807) is 33.5 Å². The summed E-state index contributed by atoms with van der Waals surface area (Å²) in [6, 6.07) is 12.9. The maximum absolute atomic E-state index is 12.3. The van der Waals surface area contributed by atoms with Crippen LogP contribution in [0.4, 0.5) is 11.5 Å². The molecule has 150 valence electrons. The van der Waals surface area contributed by atoms with Crippen molar-refractivity contribution in [3.63, 3.8) is 0 Å².